The van der Waals surface area contributed by atoms with Gasteiger partial charge in [-0.05, 0) is 45.1 Å². The number of anilines is 1. The molecule has 0 aliphatic carbocycles. The molecule has 1 aromatic heterocycles. The van der Waals surface area contributed by atoms with E-state index in [0.29, 0.717) is 11.9 Å². The highest BCUT2D eigenvalue weighted by Gasteiger charge is 2.20. The normalized spacial score (nSPS) is 21.2. The van der Waals surface area contributed by atoms with Crippen LogP contribution in [0.3, 0.4) is 0 Å². The predicted octanol–water partition coefficient (Wildman–Crippen LogP) is 0.893. The number of aromatic nitrogens is 1. The summed E-state index contributed by atoms with van der Waals surface area (Å²) < 4.78 is 0. The molecule has 1 fully saturated rings. The number of rotatable bonds is 4. The average molecular weight is 249 g/mol. The van der Waals surface area contributed by atoms with Gasteiger partial charge in [0, 0.05) is 25.3 Å². The first-order valence-electron chi connectivity index (χ1n) is 6.49. The topological polar surface area (TPSA) is 57.4 Å². The first-order chi connectivity index (χ1) is 8.69. The Morgan fingerprint density at radius 1 is 1.56 bits per heavy atom. The van der Waals surface area contributed by atoms with Crippen LogP contribution in [0.2, 0.25) is 0 Å². The fraction of sp³-hybridized carbons (Fsp3) is 0.615. The first-order valence-corrected chi connectivity index (χ1v) is 6.49. The second-order valence-electron chi connectivity index (χ2n) is 5.17. The Kier molecular flexibility index (Phi) is 4.52. The van der Waals surface area contributed by atoms with Gasteiger partial charge in [-0.3, -0.25) is 4.90 Å². The number of likely N-dealkylation sites (N-methyl/N-ethyl adjacent to an activating group) is 2. The zero-order valence-corrected chi connectivity index (χ0v) is 11.3. The van der Waals surface area contributed by atoms with Gasteiger partial charge in [-0.2, -0.15) is 0 Å². The van der Waals surface area contributed by atoms with Crippen molar-refractivity contribution in [3.8, 4) is 0 Å². The third kappa shape index (κ3) is 3.41. The summed E-state index contributed by atoms with van der Waals surface area (Å²) in [6.07, 6.45) is 4.47. The molecule has 5 nitrogen and oxygen atoms in total. The van der Waals surface area contributed by atoms with Crippen molar-refractivity contribution in [1.82, 2.24) is 14.8 Å². The van der Waals surface area contributed by atoms with Crippen LogP contribution < -0.4 is 11.3 Å². The molecular formula is C13H23N5. The summed E-state index contributed by atoms with van der Waals surface area (Å²) in [5.74, 6) is 6.01. The third-order valence-electron chi connectivity index (χ3n) is 3.63. The van der Waals surface area contributed by atoms with Crippen LogP contribution >= 0.6 is 0 Å². The van der Waals surface area contributed by atoms with E-state index in [1.165, 1.54) is 24.9 Å². The van der Waals surface area contributed by atoms with Gasteiger partial charge in [0.15, 0.2) is 0 Å². The number of hydrazine groups is 1. The molecule has 1 aliphatic rings. The zero-order valence-electron chi connectivity index (χ0n) is 11.3. The van der Waals surface area contributed by atoms with Gasteiger partial charge in [0.25, 0.3) is 0 Å². The number of pyridine rings is 1. The monoisotopic (exact) mass is 249 g/mol. The maximum atomic E-state index is 5.30. The van der Waals surface area contributed by atoms with E-state index in [9.17, 15) is 0 Å². The molecular weight excluding hydrogens is 226 g/mol. The smallest absolute Gasteiger partial charge is 0.139 e. The van der Waals surface area contributed by atoms with E-state index in [1.807, 2.05) is 12.3 Å². The van der Waals surface area contributed by atoms with Crippen LogP contribution in [0.4, 0.5) is 5.82 Å². The Morgan fingerprint density at radius 3 is 3.00 bits per heavy atom. The summed E-state index contributed by atoms with van der Waals surface area (Å²) in [5, 5.41) is 0. The summed E-state index contributed by atoms with van der Waals surface area (Å²) in [5.41, 5.74) is 3.77. The molecule has 0 amide bonds. The Labute approximate surface area is 109 Å². The standard InChI is InChI=1S/C13H23N5/c1-17-7-3-4-12(10-17)18(2)9-11-5-6-13(16-14)15-8-11/h5-6,8,12H,3-4,7,9-10,14H2,1-2H3,(H,15,16). The molecule has 0 bridgehead atoms. The Bertz CT molecular complexity index is 364. The highest BCUT2D eigenvalue weighted by Crippen LogP contribution is 2.16. The summed E-state index contributed by atoms with van der Waals surface area (Å²) >= 11 is 0. The molecule has 18 heavy (non-hydrogen) atoms. The fourth-order valence-corrected chi connectivity index (χ4v) is 2.52. The van der Waals surface area contributed by atoms with Crippen molar-refractivity contribution in [2.45, 2.75) is 25.4 Å². The summed E-state index contributed by atoms with van der Waals surface area (Å²) in [6.45, 7) is 3.32. The van der Waals surface area contributed by atoms with E-state index in [2.05, 4.69) is 40.4 Å². The molecule has 3 N–H and O–H groups in total. The minimum absolute atomic E-state index is 0.649. The number of piperidine rings is 1. The number of nitrogens with one attached hydrogen (secondary N) is 1. The van der Waals surface area contributed by atoms with Crippen molar-refractivity contribution in [1.29, 1.82) is 0 Å². The zero-order chi connectivity index (χ0) is 13.0. The second-order valence-corrected chi connectivity index (χ2v) is 5.17. The van der Waals surface area contributed by atoms with Gasteiger partial charge in [0.1, 0.15) is 5.82 Å². The van der Waals surface area contributed by atoms with Crippen LogP contribution in [-0.4, -0.2) is 48.0 Å². The molecule has 100 valence electrons. The van der Waals surface area contributed by atoms with E-state index in [-0.39, 0.29) is 0 Å². The third-order valence-corrected chi connectivity index (χ3v) is 3.63. The van der Waals surface area contributed by atoms with Crippen LogP contribution in [0.1, 0.15) is 18.4 Å². The Balaban J connectivity index is 1.91. The SMILES string of the molecule is CN1CCCC(N(C)Cc2ccc(NN)nc2)C1. The lowest BCUT2D eigenvalue weighted by molar-refractivity contribution is 0.129. The average Bonchev–Trinajstić information content (AvgIpc) is 2.39. The summed E-state index contributed by atoms with van der Waals surface area (Å²) in [4.78, 5) is 9.06. The van der Waals surface area contributed by atoms with E-state index in [4.69, 9.17) is 5.84 Å². The Hall–Kier alpha value is -1.17. The maximum Gasteiger partial charge on any atom is 0.139 e. The van der Waals surface area contributed by atoms with Gasteiger partial charge in [0.2, 0.25) is 0 Å². The molecule has 0 spiro atoms. The second kappa shape index (κ2) is 6.13. The van der Waals surface area contributed by atoms with Crippen molar-refractivity contribution in [2.24, 2.45) is 5.84 Å². The number of likely N-dealkylation sites (tertiary alicyclic amines) is 1. The molecule has 1 aliphatic heterocycles. The highest BCUT2D eigenvalue weighted by atomic mass is 15.2. The lowest BCUT2D eigenvalue weighted by atomic mass is 10.0. The van der Waals surface area contributed by atoms with E-state index in [0.717, 1.165) is 13.1 Å². The number of nitrogens with zero attached hydrogens (tertiary/aromatic N) is 3. The van der Waals surface area contributed by atoms with Gasteiger partial charge in [-0.15, -0.1) is 0 Å². The lowest BCUT2D eigenvalue weighted by Gasteiger charge is -2.35. The minimum atomic E-state index is 0.649. The van der Waals surface area contributed by atoms with Crippen molar-refractivity contribution >= 4 is 5.82 Å². The molecule has 0 saturated carbocycles. The van der Waals surface area contributed by atoms with E-state index in [1.54, 1.807) is 0 Å². The van der Waals surface area contributed by atoms with Crippen molar-refractivity contribution in [2.75, 3.05) is 32.6 Å². The van der Waals surface area contributed by atoms with Gasteiger partial charge in [-0.1, -0.05) is 6.07 Å². The molecule has 2 rings (SSSR count). The largest absolute Gasteiger partial charge is 0.308 e. The summed E-state index contributed by atoms with van der Waals surface area (Å²) in [7, 11) is 4.39. The first kappa shape index (κ1) is 13.3. The predicted molar refractivity (Wildman–Crippen MR) is 74.0 cm³/mol. The van der Waals surface area contributed by atoms with Crippen molar-refractivity contribution < 1.29 is 0 Å². The highest BCUT2D eigenvalue weighted by molar-refractivity contribution is 5.33. The van der Waals surface area contributed by atoms with Gasteiger partial charge in [0.05, 0.1) is 0 Å². The van der Waals surface area contributed by atoms with Gasteiger partial charge in [-0.25, -0.2) is 10.8 Å². The van der Waals surface area contributed by atoms with Gasteiger partial charge < -0.3 is 10.3 Å². The van der Waals surface area contributed by atoms with Crippen LogP contribution in [0.25, 0.3) is 0 Å². The molecule has 1 saturated heterocycles. The van der Waals surface area contributed by atoms with E-state index >= 15 is 0 Å². The molecule has 1 atom stereocenters. The van der Waals surface area contributed by atoms with E-state index < -0.39 is 0 Å². The minimum Gasteiger partial charge on any atom is -0.308 e. The molecule has 0 radical (unpaired) electrons. The van der Waals surface area contributed by atoms with Crippen molar-refractivity contribution in [3.63, 3.8) is 0 Å². The summed E-state index contributed by atoms with van der Waals surface area (Å²) in [6, 6.07) is 4.64. The number of nitrogens with two attached hydrogens (primary N) is 1. The Morgan fingerprint density at radius 2 is 2.39 bits per heavy atom. The number of hydrogen-bond acceptors (Lipinski definition) is 5. The molecule has 5 heteroatoms. The molecule has 0 aromatic carbocycles. The number of hydrogen-bond donors (Lipinski definition) is 2. The quantitative estimate of drug-likeness (QED) is 0.613. The van der Waals surface area contributed by atoms with Crippen LogP contribution in [0.5, 0.6) is 0 Å². The lowest BCUT2D eigenvalue weighted by Crippen LogP contribution is -2.44. The molecule has 1 unspecified atom stereocenters. The van der Waals surface area contributed by atoms with Crippen LogP contribution in [0, 0.1) is 0 Å². The molecule has 1 aromatic rings. The van der Waals surface area contributed by atoms with Crippen LogP contribution in [0.15, 0.2) is 18.3 Å². The van der Waals surface area contributed by atoms with Crippen molar-refractivity contribution in [3.05, 3.63) is 23.9 Å². The fourth-order valence-electron chi connectivity index (χ4n) is 2.52. The molecule has 2 heterocycles. The van der Waals surface area contributed by atoms with Gasteiger partial charge >= 0.3 is 0 Å². The maximum absolute atomic E-state index is 5.30. The number of nitrogen functional groups attached to an aromatic ring is 1. The van der Waals surface area contributed by atoms with Crippen LogP contribution in [-0.2, 0) is 6.54 Å².